The zero-order valence-electron chi connectivity index (χ0n) is 21.0. The highest BCUT2D eigenvalue weighted by atomic mass is 35.5. The zero-order valence-corrected chi connectivity index (χ0v) is 22.5. The molecule has 1 aliphatic carbocycles. The van der Waals surface area contributed by atoms with Crippen LogP contribution in [0, 0.1) is 5.92 Å². The number of carbonyl (C=O) groups is 1. The summed E-state index contributed by atoms with van der Waals surface area (Å²) < 4.78 is 1.88. The molecule has 1 N–H and O–H groups in total. The van der Waals surface area contributed by atoms with E-state index in [0.29, 0.717) is 34.6 Å². The van der Waals surface area contributed by atoms with Gasteiger partial charge in [-0.25, -0.2) is 9.67 Å². The van der Waals surface area contributed by atoms with Crippen molar-refractivity contribution in [3.05, 3.63) is 46.2 Å². The normalized spacial score (nSPS) is 18.0. The summed E-state index contributed by atoms with van der Waals surface area (Å²) in [6.45, 7) is 7.75. The average Bonchev–Trinajstić information content (AvgIpc) is 3.34. The summed E-state index contributed by atoms with van der Waals surface area (Å²) in [5.41, 5.74) is 3.34. The van der Waals surface area contributed by atoms with Crippen molar-refractivity contribution in [2.24, 2.45) is 5.92 Å². The molecule has 1 amide bonds. The molecule has 9 heteroatoms. The number of aromatic nitrogens is 3. The summed E-state index contributed by atoms with van der Waals surface area (Å²) in [6.07, 6.45) is 9.94. The molecular weight excluding hydrogens is 495 g/mol. The Morgan fingerprint density at radius 3 is 2.53 bits per heavy atom. The lowest BCUT2D eigenvalue weighted by atomic mass is 9.84. The van der Waals surface area contributed by atoms with Gasteiger partial charge in [0, 0.05) is 50.6 Å². The number of piperazine rings is 1. The molecule has 3 heterocycles. The Morgan fingerprint density at radius 2 is 1.83 bits per heavy atom. The second kappa shape index (κ2) is 10.9. The van der Waals surface area contributed by atoms with Gasteiger partial charge in [-0.1, -0.05) is 42.5 Å². The number of aryl methyl sites for hydroxylation is 1. The van der Waals surface area contributed by atoms with Gasteiger partial charge < -0.3 is 15.1 Å². The standard InChI is InChI=1S/C27H34Cl2N6O/c1-3-35-26-21(17-31-35)25(32-18(2)19-7-5-4-6-8-19)22(16-30-26)27(36)34-13-11-33(12-14-34)20-9-10-23(28)24(29)15-20/h9-10,15-19H,3-8,11-14H2,1-2H3,(H,30,32). The lowest BCUT2D eigenvalue weighted by molar-refractivity contribution is 0.0747. The summed E-state index contributed by atoms with van der Waals surface area (Å²) in [4.78, 5) is 22.6. The minimum absolute atomic E-state index is 0.0146. The van der Waals surface area contributed by atoms with Gasteiger partial charge in [0.15, 0.2) is 5.65 Å². The largest absolute Gasteiger partial charge is 0.381 e. The molecular formula is C27H34Cl2N6O. The number of hydrogen-bond donors (Lipinski definition) is 1. The Bertz CT molecular complexity index is 1230. The molecule has 1 aliphatic heterocycles. The fourth-order valence-electron chi connectivity index (χ4n) is 5.58. The first-order chi connectivity index (χ1) is 17.5. The van der Waals surface area contributed by atoms with Gasteiger partial charge in [0.1, 0.15) is 0 Å². The number of carbonyl (C=O) groups excluding carboxylic acids is 1. The molecule has 1 atom stereocenters. The highest BCUT2D eigenvalue weighted by Crippen LogP contribution is 2.33. The fourth-order valence-corrected chi connectivity index (χ4v) is 5.87. The summed E-state index contributed by atoms with van der Waals surface area (Å²) in [7, 11) is 0. The second-order valence-corrected chi connectivity index (χ2v) is 10.8. The topological polar surface area (TPSA) is 66.3 Å². The third kappa shape index (κ3) is 5.00. The van der Waals surface area contributed by atoms with E-state index in [-0.39, 0.29) is 11.9 Å². The van der Waals surface area contributed by atoms with Crippen LogP contribution in [0.4, 0.5) is 11.4 Å². The number of pyridine rings is 1. The van der Waals surface area contributed by atoms with Gasteiger partial charge in [0.05, 0.1) is 32.9 Å². The first kappa shape index (κ1) is 25.2. The number of amides is 1. The Kier molecular flexibility index (Phi) is 7.58. The summed E-state index contributed by atoms with van der Waals surface area (Å²) in [6, 6.07) is 5.96. The van der Waals surface area contributed by atoms with Gasteiger partial charge in [0.25, 0.3) is 5.91 Å². The van der Waals surface area contributed by atoms with Crippen LogP contribution in [0.2, 0.25) is 10.0 Å². The molecule has 2 aromatic heterocycles. The molecule has 1 unspecified atom stereocenters. The Labute approximate surface area is 222 Å². The van der Waals surface area contributed by atoms with Crippen molar-refractivity contribution in [1.29, 1.82) is 0 Å². The molecule has 1 saturated carbocycles. The molecule has 0 radical (unpaired) electrons. The SMILES string of the molecule is CCn1ncc2c(NC(C)C3CCCCC3)c(C(=O)N3CCN(c4ccc(Cl)c(Cl)c4)CC3)cnc21. The molecule has 1 saturated heterocycles. The number of nitrogens with zero attached hydrogens (tertiary/aromatic N) is 5. The molecule has 36 heavy (non-hydrogen) atoms. The van der Waals surface area contributed by atoms with Crippen molar-refractivity contribution < 1.29 is 4.79 Å². The van der Waals surface area contributed by atoms with E-state index in [1.165, 1.54) is 32.1 Å². The molecule has 7 nitrogen and oxygen atoms in total. The second-order valence-electron chi connectivity index (χ2n) is 9.95. The number of halogens is 2. The van der Waals surface area contributed by atoms with E-state index in [0.717, 1.165) is 42.0 Å². The maximum absolute atomic E-state index is 13.8. The predicted octanol–water partition coefficient (Wildman–Crippen LogP) is 6.10. The number of nitrogens with one attached hydrogen (secondary N) is 1. The lowest BCUT2D eigenvalue weighted by Gasteiger charge is -2.36. The number of rotatable bonds is 6. The Hall–Kier alpha value is -2.51. The van der Waals surface area contributed by atoms with Gasteiger partial charge >= 0.3 is 0 Å². The molecule has 2 fully saturated rings. The maximum Gasteiger partial charge on any atom is 0.257 e. The van der Waals surface area contributed by atoms with Gasteiger partial charge in [-0.3, -0.25) is 4.79 Å². The highest BCUT2D eigenvalue weighted by molar-refractivity contribution is 6.42. The van der Waals surface area contributed by atoms with Gasteiger partial charge in [-0.15, -0.1) is 0 Å². The molecule has 2 aliphatic rings. The first-order valence-electron chi connectivity index (χ1n) is 13.1. The summed E-state index contributed by atoms with van der Waals surface area (Å²) in [5.74, 6) is 0.627. The van der Waals surface area contributed by atoms with E-state index in [4.69, 9.17) is 23.2 Å². The summed E-state index contributed by atoms with van der Waals surface area (Å²) in [5, 5.41) is 10.3. The number of fused-ring (bicyclic) bond motifs is 1. The Balaban J connectivity index is 1.38. The molecule has 0 bridgehead atoms. The van der Waals surface area contributed by atoms with E-state index >= 15 is 0 Å². The monoisotopic (exact) mass is 528 g/mol. The van der Waals surface area contributed by atoms with Crippen molar-refractivity contribution >= 4 is 51.5 Å². The zero-order chi connectivity index (χ0) is 25.2. The molecule has 1 aromatic carbocycles. The number of anilines is 2. The van der Waals surface area contributed by atoms with Crippen LogP contribution in [0.3, 0.4) is 0 Å². The smallest absolute Gasteiger partial charge is 0.257 e. The quantitative estimate of drug-likeness (QED) is 0.418. The number of benzene rings is 1. The van der Waals surface area contributed by atoms with E-state index in [2.05, 4.69) is 34.1 Å². The van der Waals surface area contributed by atoms with E-state index in [1.54, 1.807) is 6.20 Å². The van der Waals surface area contributed by atoms with Crippen molar-refractivity contribution in [2.45, 2.75) is 58.5 Å². The van der Waals surface area contributed by atoms with Gasteiger partial charge in [-0.2, -0.15) is 5.10 Å². The minimum Gasteiger partial charge on any atom is -0.381 e. The van der Waals surface area contributed by atoms with Crippen LogP contribution in [0.15, 0.2) is 30.6 Å². The van der Waals surface area contributed by atoms with Gasteiger partial charge in [0.2, 0.25) is 0 Å². The number of hydrogen-bond acceptors (Lipinski definition) is 5. The lowest BCUT2D eigenvalue weighted by Crippen LogP contribution is -2.49. The molecule has 0 spiro atoms. The predicted molar refractivity (Wildman–Crippen MR) is 147 cm³/mol. The van der Waals surface area contributed by atoms with Crippen LogP contribution in [-0.2, 0) is 6.54 Å². The van der Waals surface area contributed by atoms with Crippen LogP contribution in [0.5, 0.6) is 0 Å². The summed E-state index contributed by atoms with van der Waals surface area (Å²) >= 11 is 12.3. The van der Waals surface area contributed by atoms with Crippen LogP contribution in [0.25, 0.3) is 11.0 Å². The van der Waals surface area contributed by atoms with Crippen molar-refractivity contribution in [1.82, 2.24) is 19.7 Å². The van der Waals surface area contributed by atoms with Crippen LogP contribution >= 0.6 is 23.2 Å². The third-order valence-corrected chi connectivity index (χ3v) is 8.50. The Morgan fingerprint density at radius 1 is 1.08 bits per heavy atom. The van der Waals surface area contributed by atoms with E-state index < -0.39 is 0 Å². The minimum atomic E-state index is 0.0146. The average molecular weight is 530 g/mol. The molecule has 192 valence electrons. The highest BCUT2D eigenvalue weighted by Gasteiger charge is 2.28. The van der Waals surface area contributed by atoms with Gasteiger partial charge in [-0.05, 0) is 50.8 Å². The van der Waals surface area contributed by atoms with Crippen LogP contribution in [-0.4, -0.2) is 57.8 Å². The van der Waals surface area contributed by atoms with E-state index in [1.807, 2.05) is 34.0 Å². The van der Waals surface area contributed by atoms with Crippen molar-refractivity contribution in [3.8, 4) is 0 Å². The third-order valence-electron chi connectivity index (χ3n) is 7.76. The van der Waals surface area contributed by atoms with E-state index in [9.17, 15) is 4.79 Å². The van der Waals surface area contributed by atoms with Crippen LogP contribution < -0.4 is 10.2 Å². The fraction of sp³-hybridized carbons (Fsp3) is 0.519. The maximum atomic E-state index is 13.8. The molecule has 5 rings (SSSR count). The van der Waals surface area contributed by atoms with Crippen molar-refractivity contribution in [3.63, 3.8) is 0 Å². The molecule has 3 aromatic rings. The first-order valence-corrected chi connectivity index (χ1v) is 13.8. The van der Waals surface area contributed by atoms with Crippen LogP contribution in [0.1, 0.15) is 56.3 Å². The van der Waals surface area contributed by atoms with Crippen molar-refractivity contribution in [2.75, 3.05) is 36.4 Å².